The van der Waals surface area contributed by atoms with Gasteiger partial charge in [-0.1, -0.05) is 30.3 Å². The van der Waals surface area contributed by atoms with Crippen LogP contribution in [0.15, 0.2) is 30.3 Å². The first-order chi connectivity index (χ1) is 11.5. The van der Waals surface area contributed by atoms with Gasteiger partial charge in [-0.05, 0) is 25.8 Å². The number of carbonyl (C=O) groups is 2. The molecular weight excluding hydrogens is 322 g/mol. The predicted molar refractivity (Wildman–Crippen MR) is 97.0 cm³/mol. The van der Waals surface area contributed by atoms with Crippen molar-refractivity contribution in [3.05, 3.63) is 35.9 Å². The lowest BCUT2D eigenvalue weighted by Gasteiger charge is -2.36. The number of rotatable bonds is 5. The van der Waals surface area contributed by atoms with Gasteiger partial charge in [0.1, 0.15) is 5.54 Å². The lowest BCUT2D eigenvalue weighted by atomic mass is 10.1. The molecule has 1 unspecified atom stereocenters. The van der Waals surface area contributed by atoms with Crippen molar-refractivity contribution in [3.8, 4) is 0 Å². The summed E-state index contributed by atoms with van der Waals surface area (Å²) in [6, 6.07) is 10.7. The molecule has 1 atom stereocenters. The maximum Gasteiger partial charge on any atom is 0.325 e. The van der Waals surface area contributed by atoms with Crippen molar-refractivity contribution in [3.63, 3.8) is 0 Å². The molecule has 0 aromatic heterocycles. The molecule has 2 aliphatic heterocycles. The molecule has 0 aliphatic carbocycles. The Morgan fingerprint density at radius 1 is 1.21 bits per heavy atom. The van der Waals surface area contributed by atoms with Crippen molar-refractivity contribution in [2.45, 2.75) is 31.8 Å². The molecule has 130 valence electrons. The molecule has 0 radical (unpaired) electrons. The van der Waals surface area contributed by atoms with E-state index >= 15 is 0 Å². The van der Waals surface area contributed by atoms with Gasteiger partial charge < -0.3 is 5.32 Å². The normalized spacial score (nSPS) is 24.2. The molecule has 2 fully saturated rings. The van der Waals surface area contributed by atoms with Crippen LogP contribution in [-0.2, 0) is 4.79 Å². The van der Waals surface area contributed by atoms with E-state index in [1.165, 1.54) is 10.5 Å². The van der Waals surface area contributed by atoms with Crippen molar-refractivity contribution in [2.24, 2.45) is 0 Å². The number of nitrogens with one attached hydrogen (secondary N) is 1. The zero-order chi connectivity index (χ0) is 17.2. The van der Waals surface area contributed by atoms with Crippen LogP contribution in [0, 0.1) is 0 Å². The third kappa shape index (κ3) is 3.59. The van der Waals surface area contributed by atoms with Crippen LogP contribution in [0.4, 0.5) is 4.79 Å². The minimum absolute atomic E-state index is 0.124. The van der Waals surface area contributed by atoms with Gasteiger partial charge in [-0.2, -0.15) is 11.8 Å². The van der Waals surface area contributed by atoms with Crippen molar-refractivity contribution in [2.75, 3.05) is 31.1 Å². The molecule has 2 aliphatic rings. The summed E-state index contributed by atoms with van der Waals surface area (Å²) in [5.41, 5.74) is 0.576. The minimum Gasteiger partial charge on any atom is -0.324 e. The molecular formula is C18H25N3O2S. The highest BCUT2D eigenvalue weighted by atomic mass is 32.2. The van der Waals surface area contributed by atoms with Crippen LogP contribution in [0.1, 0.15) is 31.9 Å². The van der Waals surface area contributed by atoms with Crippen LogP contribution in [0.2, 0.25) is 0 Å². The van der Waals surface area contributed by atoms with Crippen LogP contribution in [0.25, 0.3) is 0 Å². The van der Waals surface area contributed by atoms with E-state index in [4.69, 9.17) is 0 Å². The molecule has 1 N–H and O–H groups in total. The van der Waals surface area contributed by atoms with Gasteiger partial charge in [-0.15, -0.1) is 0 Å². The lowest BCUT2D eigenvalue weighted by molar-refractivity contribution is -0.130. The lowest BCUT2D eigenvalue weighted by Crippen LogP contribution is -2.41. The van der Waals surface area contributed by atoms with Crippen molar-refractivity contribution in [1.29, 1.82) is 0 Å². The first-order valence-electron chi connectivity index (χ1n) is 8.50. The number of nitrogens with zero attached hydrogens (tertiary/aromatic N) is 2. The summed E-state index contributed by atoms with van der Waals surface area (Å²) in [5, 5.41) is 2.74. The quantitative estimate of drug-likeness (QED) is 0.832. The minimum atomic E-state index is -0.772. The van der Waals surface area contributed by atoms with Gasteiger partial charge in [-0.25, -0.2) is 4.79 Å². The number of urea groups is 1. The summed E-state index contributed by atoms with van der Waals surface area (Å²) < 4.78 is 0. The zero-order valence-corrected chi connectivity index (χ0v) is 15.1. The number of thioether (sulfide) groups is 1. The van der Waals surface area contributed by atoms with Crippen molar-refractivity contribution >= 4 is 23.7 Å². The molecule has 0 bridgehead atoms. The summed E-state index contributed by atoms with van der Waals surface area (Å²) in [5.74, 6) is 2.11. The Kier molecular flexibility index (Phi) is 5.15. The highest BCUT2D eigenvalue weighted by Gasteiger charge is 2.43. The van der Waals surface area contributed by atoms with Gasteiger partial charge in [0.25, 0.3) is 5.91 Å². The zero-order valence-electron chi connectivity index (χ0n) is 14.3. The summed E-state index contributed by atoms with van der Waals surface area (Å²) in [6.07, 6.45) is 0.809. The SMILES string of the molecule is CC1(C)NC(=O)N(CCCN2CCSCC2c2ccccc2)C1=O. The molecule has 5 nitrogen and oxygen atoms in total. The molecule has 1 aromatic rings. The van der Waals surface area contributed by atoms with Gasteiger partial charge >= 0.3 is 6.03 Å². The van der Waals surface area contributed by atoms with Gasteiger partial charge in [0.15, 0.2) is 0 Å². The Balaban J connectivity index is 1.57. The van der Waals surface area contributed by atoms with Crippen LogP contribution < -0.4 is 5.32 Å². The average Bonchev–Trinajstić information content (AvgIpc) is 2.77. The summed E-state index contributed by atoms with van der Waals surface area (Å²) >= 11 is 1.99. The molecule has 0 spiro atoms. The fourth-order valence-corrected chi connectivity index (χ4v) is 4.50. The van der Waals surface area contributed by atoms with Gasteiger partial charge in [-0.3, -0.25) is 14.6 Å². The predicted octanol–water partition coefficient (Wildman–Crippen LogP) is 2.50. The second kappa shape index (κ2) is 7.15. The topological polar surface area (TPSA) is 52.7 Å². The number of imide groups is 1. The summed E-state index contributed by atoms with van der Waals surface area (Å²) in [6.45, 7) is 5.94. The van der Waals surface area contributed by atoms with E-state index in [-0.39, 0.29) is 11.9 Å². The van der Waals surface area contributed by atoms with Crippen LogP contribution in [0.3, 0.4) is 0 Å². The monoisotopic (exact) mass is 347 g/mol. The molecule has 24 heavy (non-hydrogen) atoms. The standard InChI is InChI=1S/C18H25N3O2S/c1-18(2)16(22)21(17(23)19-18)10-6-9-20-11-12-24-13-15(20)14-7-4-3-5-8-14/h3-5,7-8,15H,6,9-13H2,1-2H3,(H,19,23). The molecule has 1 aromatic carbocycles. The highest BCUT2D eigenvalue weighted by molar-refractivity contribution is 7.99. The molecule has 3 amide bonds. The first-order valence-corrected chi connectivity index (χ1v) is 9.65. The Labute approximate surface area is 147 Å². The maximum atomic E-state index is 12.2. The first kappa shape index (κ1) is 17.3. The van der Waals surface area contributed by atoms with E-state index < -0.39 is 5.54 Å². The van der Waals surface area contributed by atoms with E-state index in [0.29, 0.717) is 12.6 Å². The number of benzene rings is 1. The Morgan fingerprint density at radius 2 is 1.96 bits per heavy atom. The van der Waals surface area contributed by atoms with Gasteiger partial charge in [0, 0.05) is 37.2 Å². The van der Waals surface area contributed by atoms with Gasteiger partial charge in [0.05, 0.1) is 0 Å². The third-order valence-electron chi connectivity index (χ3n) is 4.70. The largest absolute Gasteiger partial charge is 0.325 e. The van der Waals surface area contributed by atoms with Crippen LogP contribution >= 0.6 is 11.8 Å². The van der Waals surface area contributed by atoms with E-state index in [2.05, 4.69) is 34.5 Å². The molecule has 3 rings (SSSR count). The number of amides is 3. The fourth-order valence-electron chi connectivity index (χ4n) is 3.34. The van der Waals surface area contributed by atoms with Crippen LogP contribution in [-0.4, -0.2) is 58.4 Å². The van der Waals surface area contributed by atoms with E-state index in [0.717, 1.165) is 31.0 Å². The molecule has 0 saturated carbocycles. The Hall–Kier alpha value is -1.53. The maximum absolute atomic E-state index is 12.2. The number of hydrogen-bond donors (Lipinski definition) is 1. The molecule has 2 heterocycles. The molecule has 2 saturated heterocycles. The van der Waals surface area contributed by atoms with Crippen LogP contribution in [0.5, 0.6) is 0 Å². The number of carbonyl (C=O) groups excluding carboxylic acids is 2. The van der Waals surface area contributed by atoms with Gasteiger partial charge in [0.2, 0.25) is 0 Å². The smallest absolute Gasteiger partial charge is 0.324 e. The third-order valence-corrected chi connectivity index (χ3v) is 5.72. The second-order valence-corrected chi connectivity index (χ2v) is 8.05. The number of hydrogen-bond acceptors (Lipinski definition) is 4. The second-order valence-electron chi connectivity index (χ2n) is 6.90. The van der Waals surface area contributed by atoms with E-state index in [1.807, 2.05) is 17.8 Å². The van der Waals surface area contributed by atoms with Crippen molar-refractivity contribution < 1.29 is 9.59 Å². The summed E-state index contributed by atoms with van der Waals surface area (Å²) in [4.78, 5) is 28.0. The highest BCUT2D eigenvalue weighted by Crippen LogP contribution is 2.29. The Morgan fingerprint density at radius 3 is 2.62 bits per heavy atom. The van der Waals surface area contributed by atoms with E-state index in [9.17, 15) is 9.59 Å². The average molecular weight is 347 g/mol. The fraction of sp³-hybridized carbons (Fsp3) is 0.556. The van der Waals surface area contributed by atoms with Crippen molar-refractivity contribution in [1.82, 2.24) is 15.1 Å². The van der Waals surface area contributed by atoms with E-state index in [1.54, 1.807) is 13.8 Å². The molecule has 6 heteroatoms. The summed E-state index contributed by atoms with van der Waals surface area (Å²) in [7, 11) is 0. The Bertz CT molecular complexity index is 606.